The highest BCUT2D eigenvalue weighted by Gasteiger charge is 2.07. The van der Waals surface area contributed by atoms with Crippen LogP contribution < -0.4 is 0 Å². The highest BCUT2D eigenvalue weighted by Crippen LogP contribution is 2.29. The van der Waals surface area contributed by atoms with Crippen molar-refractivity contribution in [2.45, 2.75) is 20.8 Å². The maximum absolute atomic E-state index is 3.92. The molecule has 0 aliphatic carbocycles. The summed E-state index contributed by atoms with van der Waals surface area (Å²) < 4.78 is 0. The van der Waals surface area contributed by atoms with Gasteiger partial charge in [0.05, 0.1) is 0 Å². The lowest BCUT2D eigenvalue weighted by atomic mass is 9.92. The Morgan fingerprint density at radius 1 is 1.12 bits per heavy atom. The second-order valence-electron chi connectivity index (χ2n) is 4.38. The fourth-order valence-electron chi connectivity index (χ4n) is 2.35. The van der Waals surface area contributed by atoms with Crippen LogP contribution in [0.15, 0.2) is 36.9 Å². The Hall–Kier alpha value is -1.82. The third-order valence-electron chi connectivity index (χ3n) is 3.30. The van der Waals surface area contributed by atoms with Crippen molar-refractivity contribution >= 4 is 22.9 Å². The predicted molar refractivity (Wildman–Crippen MR) is 78.2 cm³/mol. The fourth-order valence-corrected chi connectivity index (χ4v) is 2.35. The maximum atomic E-state index is 3.92. The first-order chi connectivity index (χ1) is 8.19. The summed E-state index contributed by atoms with van der Waals surface area (Å²) in [5.41, 5.74) is 5.14. The molecule has 0 spiro atoms. The van der Waals surface area contributed by atoms with E-state index < -0.39 is 0 Å². The third-order valence-corrected chi connectivity index (χ3v) is 3.30. The molecule has 0 nitrogen and oxygen atoms in total. The lowest BCUT2D eigenvalue weighted by molar-refractivity contribution is 1.45. The van der Waals surface area contributed by atoms with E-state index in [1.165, 1.54) is 33.0 Å². The number of allylic oxidation sites excluding steroid dienone is 1. The maximum Gasteiger partial charge on any atom is -0.0146 e. The summed E-state index contributed by atoms with van der Waals surface area (Å²) in [5.74, 6) is 0. The largest absolute Gasteiger partial charge is 0.0984 e. The average molecular weight is 222 g/mol. The first kappa shape index (κ1) is 11.7. The van der Waals surface area contributed by atoms with Gasteiger partial charge in [-0.15, -0.1) is 0 Å². The molecule has 0 heteroatoms. The zero-order chi connectivity index (χ0) is 12.4. The molecule has 0 N–H and O–H groups in total. The number of benzene rings is 2. The molecule has 0 saturated heterocycles. The minimum atomic E-state index is 1.21. The Labute approximate surface area is 103 Å². The quantitative estimate of drug-likeness (QED) is 0.660. The van der Waals surface area contributed by atoms with Gasteiger partial charge in [0, 0.05) is 0 Å². The van der Waals surface area contributed by atoms with Crippen LogP contribution in [0.4, 0.5) is 0 Å². The number of fused-ring (bicyclic) bond motifs is 1. The van der Waals surface area contributed by atoms with Gasteiger partial charge in [-0.1, -0.05) is 43.0 Å². The SMILES string of the molecule is C=Cc1cc2c(C)cccc2c(C)c1/C=C\C. The Balaban J connectivity index is 2.92. The summed E-state index contributed by atoms with van der Waals surface area (Å²) in [6.07, 6.45) is 6.18. The van der Waals surface area contributed by atoms with E-state index >= 15 is 0 Å². The normalized spacial score (nSPS) is 11.2. The Morgan fingerprint density at radius 3 is 2.53 bits per heavy atom. The van der Waals surface area contributed by atoms with Crippen LogP contribution >= 0.6 is 0 Å². The second-order valence-corrected chi connectivity index (χ2v) is 4.38. The van der Waals surface area contributed by atoms with E-state index in [4.69, 9.17) is 0 Å². The third kappa shape index (κ3) is 1.91. The van der Waals surface area contributed by atoms with E-state index in [2.05, 4.69) is 56.8 Å². The van der Waals surface area contributed by atoms with Gasteiger partial charge in [0.1, 0.15) is 0 Å². The molecule has 0 radical (unpaired) electrons. The number of hydrogen-bond acceptors (Lipinski definition) is 0. The Morgan fingerprint density at radius 2 is 1.88 bits per heavy atom. The standard InChI is InChI=1S/C17H18/c1-5-8-15-13(4)16-10-7-9-12(3)17(16)11-14(15)6-2/h5-11H,2H2,1,3-4H3/b8-5-. The fraction of sp³-hybridized carbons (Fsp3) is 0.176. The van der Waals surface area contributed by atoms with Gasteiger partial charge in [-0.05, 0) is 59.9 Å². The Kier molecular flexibility index (Phi) is 3.14. The van der Waals surface area contributed by atoms with Crippen LogP contribution in [0.1, 0.15) is 29.2 Å². The van der Waals surface area contributed by atoms with Gasteiger partial charge in [0.25, 0.3) is 0 Å². The smallest absolute Gasteiger partial charge is 0.0146 e. The van der Waals surface area contributed by atoms with Crippen molar-refractivity contribution in [2.75, 3.05) is 0 Å². The molecule has 0 unspecified atom stereocenters. The minimum absolute atomic E-state index is 1.21. The number of rotatable bonds is 2. The monoisotopic (exact) mass is 222 g/mol. The lowest BCUT2D eigenvalue weighted by Gasteiger charge is -2.12. The minimum Gasteiger partial charge on any atom is -0.0984 e. The molecule has 0 amide bonds. The molecule has 2 rings (SSSR count). The molecule has 0 aliphatic heterocycles. The van der Waals surface area contributed by atoms with Crippen LogP contribution in [0.2, 0.25) is 0 Å². The molecular weight excluding hydrogens is 204 g/mol. The second kappa shape index (κ2) is 4.58. The first-order valence-corrected chi connectivity index (χ1v) is 5.97. The zero-order valence-corrected chi connectivity index (χ0v) is 10.7. The van der Waals surface area contributed by atoms with Crippen molar-refractivity contribution in [1.82, 2.24) is 0 Å². The van der Waals surface area contributed by atoms with Crippen LogP contribution in [0.25, 0.3) is 22.9 Å². The van der Waals surface area contributed by atoms with Gasteiger partial charge in [0.2, 0.25) is 0 Å². The van der Waals surface area contributed by atoms with Gasteiger partial charge < -0.3 is 0 Å². The van der Waals surface area contributed by atoms with Crippen molar-refractivity contribution in [1.29, 1.82) is 0 Å². The van der Waals surface area contributed by atoms with Crippen molar-refractivity contribution in [3.63, 3.8) is 0 Å². The van der Waals surface area contributed by atoms with Gasteiger partial charge in [-0.2, -0.15) is 0 Å². The molecule has 0 bridgehead atoms. The molecule has 0 aromatic heterocycles. The van der Waals surface area contributed by atoms with Gasteiger partial charge in [-0.25, -0.2) is 0 Å². The molecule has 86 valence electrons. The summed E-state index contributed by atoms with van der Waals surface area (Å²) in [6, 6.07) is 8.71. The Bertz CT molecular complexity index is 601. The van der Waals surface area contributed by atoms with E-state index in [-0.39, 0.29) is 0 Å². The van der Waals surface area contributed by atoms with Crippen LogP contribution in [0, 0.1) is 13.8 Å². The van der Waals surface area contributed by atoms with Crippen LogP contribution in [0.5, 0.6) is 0 Å². The van der Waals surface area contributed by atoms with Crippen molar-refractivity contribution < 1.29 is 0 Å². The van der Waals surface area contributed by atoms with E-state index in [0.29, 0.717) is 0 Å². The average Bonchev–Trinajstić information content (AvgIpc) is 2.33. The summed E-state index contributed by atoms with van der Waals surface area (Å²) in [5, 5.41) is 2.66. The highest BCUT2D eigenvalue weighted by atomic mass is 14.1. The first-order valence-electron chi connectivity index (χ1n) is 5.97. The molecule has 0 saturated carbocycles. The lowest BCUT2D eigenvalue weighted by Crippen LogP contribution is -1.90. The molecule has 0 atom stereocenters. The van der Waals surface area contributed by atoms with Gasteiger partial charge in [0.15, 0.2) is 0 Å². The summed E-state index contributed by atoms with van der Waals surface area (Å²) in [4.78, 5) is 0. The van der Waals surface area contributed by atoms with Gasteiger partial charge >= 0.3 is 0 Å². The van der Waals surface area contributed by atoms with E-state index in [0.717, 1.165) is 0 Å². The predicted octanol–water partition coefficient (Wildman–Crippen LogP) is 5.13. The van der Waals surface area contributed by atoms with Crippen LogP contribution in [-0.4, -0.2) is 0 Å². The van der Waals surface area contributed by atoms with Crippen molar-refractivity contribution in [3.8, 4) is 0 Å². The summed E-state index contributed by atoms with van der Waals surface area (Å²) in [7, 11) is 0. The molecule has 0 heterocycles. The highest BCUT2D eigenvalue weighted by molar-refractivity contribution is 5.93. The molecule has 2 aromatic carbocycles. The van der Waals surface area contributed by atoms with Crippen molar-refractivity contribution in [3.05, 3.63) is 59.2 Å². The number of hydrogen-bond donors (Lipinski definition) is 0. The van der Waals surface area contributed by atoms with E-state index in [1.807, 2.05) is 13.0 Å². The van der Waals surface area contributed by atoms with Crippen molar-refractivity contribution in [2.24, 2.45) is 0 Å². The molecule has 17 heavy (non-hydrogen) atoms. The molecule has 0 fully saturated rings. The van der Waals surface area contributed by atoms with E-state index in [1.54, 1.807) is 0 Å². The van der Waals surface area contributed by atoms with Crippen LogP contribution in [0.3, 0.4) is 0 Å². The molecule has 0 aliphatic rings. The summed E-state index contributed by atoms with van der Waals surface area (Å²) >= 11 is 0. The molecular formula is C17H18. The van der Waals surface area contributed by atoms with E-state index in [9.17, 15) is 0 Å². The topological polar surface area (TPSA) is 0 Å². The number of aryl methyl sites for hydroxylation is 2. The van der Waals surface area contributed by atoms with Crippen LogP contribution in [-0.2, 0) is 0 Å². The van der Waals surface area contributed by atoms with Gasteiger partial charge in [-0.3, -0.25) is 0 Å². The zero-order valence-electron chi connectivity index (χ0n) is 10.7. The molecule has 2 aromatic rings. The summed E-state index contributed by atoms with van der Waals surface area (Å²) in [6.45, 7) is 10.3.